The van der Waals surface area contributed by atoms with Crippen LogP contribution >= 0.6 is 0 Å². The number of aliphatic hydroxyl groups is 1. The Kier molecular flexibility index (Phi) is 7.47. The molecule has 1 amide bonds. The first kappa shape index (κ1) is 27.6. The number of hydrogen-bond donors (Lipinski definition) is 1. The van der Waals surface area contributed by atoms with Crippen LogP contribution in [0, 0.1) is 5.92 Å². The minimum absolute atomic E-state index is 0.0341. The van der Waals surface area contributed by atoms with E-state index in [9.17, 15) is 23.1 Å². The number of aliphatic hydroxyl groups excluding tert-OH is 1. The number of carbonyl (C=O) groups is 1. The van der Waals surface area contributed by atoms with Crippen molar-refractivity contribution < 1.29 is 23.1 Å². The van der Waals surface area contributed by atoms with Gasteiger partial charge in [0.2, 0.25) is 5.91 Å². The molecule has 1 atom stereocenters. The quantitative estimate of drug-likeness (QED) is 0.465. The minimum atomic E-state index is -4.32. The van der Waals surface area contributed by atoms with E-state index < -0.39 is 17.6 Å². The summed E-state index contributed by atoms with van der Waals surface area (Å²) in [4.78, 5) is 19.6. The zero-order chi connectivity index (χ0) is 27.9. The number of nitrogens with zero attached hydrogens (tertiary/aromatic N) is 6. The number of halogens is 3. The molecule has 0 unspecified atom stereocenters. The third-order valence-electron chi connectivity index (χ3n) is 8.39. The van der Waals surface area contributed by atoms with Gasteiger partial charge in [-0.1, -0.05) is 6.92 Å². The van der Waals surface area contributed by atoms with Crippen LogP contribution in [0.2, 0.25) is 0 Å². The van der Waals surface area contributed by atoms with Crippen molar-refractivity contribution in [3.8, 4) is 11.1 Å². The summed E-state index contributed by atoms with van der Waals surface area (Å²) in [5.74, 6) is -1.27. The molecule has 3 aromatic rings. The highest BCUT2D eigenvalue weighted by molar-refractivity contribution is 5.85. The number of piperidine rings is 1. The maximum Gasteiger partial charge on any atom is 0.391 e. The number of rotatable bonds is 6. The second kappa shape index (κ2) is 10.6. The molecule has 2 aliphatic rings. The van der Waals surface area contributed by atoms with Crippen LogP contribution in [0.5, 0.6) is 0 Å². The van der Waals surface area contributed by atoms with Crippen molar-refractivity contribution in [2.75, 3.05) is 13.1 Å². The lowest BCUT2D eigenvalue weighted by Gasteiger charge is -2.34. The third kappa shape index (κ3) is 5.55. The molecule has 3 aromatic heterocycles. The summed E-state index contributed by atoms with van der Waals surface area (Å²) in [5.41, 5.74) is 2.31. The highest BCUT2D eigenvalue weighted by Crippen LogP contribution is 2.38. The molecule has 39 heavy (non-hydrogen) atoms. The summed E-state index contributed by atoms with van der Waals surface area (Å²) in [6.07, 6.45) is 6.22. The van der Waals surface area contributed by atoms with E-state index >= 15 is 0 Å². The summed E-state index contributed by atoms with van der Waals surface area (Å²) in [6.45, 7) is 6.39. The van der Waals surface area contributed by atoms with Crippen LogP contribution in [0.25, 0.3) is 16.6 Å². The molecular formula is C28H37F3N6O2. The monoisotopic (exact) mass is 546 g/mol. The van der Waals surface area contributed by atoms with E-state index in [1.165, 1.54) is 0 Å². The number of aromatic nitrogens is 5. The van der Waals surface area contributed by atoms with Gasteiger partial charge in [-0.3, -0.25) is 9.48 Å². The van der Waals surface area contributed by atoms with Crippen molar-refractivity contribution in [1.29, 1.82) is 0 Å². The van der Waals surface area contributed by atoms with Crippen LogP contribution in [0.1, 0.15) is 83.2 Å². The summed E-state index contributed by atoms with van der Waals surface area (Å²) in [6, 6.07) is 2.02. The fourth-order valence-corrected chi connectivity index (χ4v) is 5.78. The Morgan fingerprint density at radius 1 is 1.10 bits per heavy atom. The van der Waals surface area contributed by atoms with E-state index in [4.69, 9.17) is 0 Å². The van der Waals surface area contributed by atoms with Crippen molar-refractivity contribution in [3.05, 3.63) is 36.2 Å². The normalized spacial score (nSPS) is 21.9. The van der Waals surface area contributed by atoms with Crippen LogP contribution in [0.3, 0.4) is 0 Å². The molecule has 1 saturated heterocycles. The Hall–Kier alpha value is -2.95. The Labute approximate surface area is 226 Å². The first-order valence-electron chi connectivity index (χ1n) is 13.9. The Morgan fingerprint density at radius 2 is 1.79 bits per heavy atom. The number of likely N-dealkylation sites (tertiary alicyclic amines) is 1. The first-order valence-corrected chi connectivity index (χ1v) is 13.9. The van der Waals surface area contributed by atoms with Gasteiger partial charge in [-0.15, -0.1) is 0 Å². The average molecular weight is 547 g/mol. The molecule has 1 N–H and O–H groups in total. The molecule has 4 heterocycles. The SMILES string of the molecule is C[C@H](Cc1ncc2c(-c3cnn(C(C)(C)C(=O)N4CCCCC4)c3)cc(C3CCC(O)CC3)n2n1)C(F)(F)F. The van der Waals surface area contributed by atoms with E-state index in [0.29, 0.717) is 18.4 Å². The lowest BCUT2D eigenvalue weighted by Crippen LogP contribution is -2.48. The fourth-order valence-electron chi connectivity index (χ4n) is 5.78. The highest BCUT2D eigenvalue weighted by Gasteiger charge is 2.37. The molecule has 1 aliphatic heterocycles. The first-order chi connectivity index (χ1) is 18.4. The van der Waals surface area contributed by atoms with Gasteiger partial charge in [-0.25, -0.2) is 9.50 Å². The molecule has 0 bridgehead atoms. The predicted molar refractivity (Wildman–Crippen MR) is 140 cm³/mol. The van der Waals surface area contributed by atoms with Crippen LogP contribution in [0.15, 0.2) is 24.7 Å². The average Bonchev–Trinajstić information content (AvgIpc) is 3.54. The van der Waals surface area contributed by atoms with Crippen LogP contribution in [-0.2, 0) is 16.8 Å². The largest absolute Gasteiger partial charge is 0.393 e. The minimum Gasteiger partial charge on any atom is -0.393 e. The maximum atomic E-state index is 13.4. The topological polar surface area (TPSA) is 88.5 Å². The van der Waals surface area contributed by atoms with Gasteiger partial charge in [-0.05, 0) is 64.9 Å². The van der Waals surface area contributed by atoms with Gasteiger partial charge >= 0.3 is 6.18 Å². The third-order valence-corrected chi connectivity index (χ3v) is 8.39. The Morgan fingerprint density at radius 3 is 2.46 bits per heavy atom. The molecule has 0 spiro atoms. The smallest absolute Gasteiger partial charge is 0.391 e. The van der Waals surface area contributed by atoms with Gasteiger partial charge in [0.25, 0.3) is 0 Å². The summed E-state index contributed by atoms with van der Waals surface area (Å²) in [7, 11) is 0. The number of fused-ring (bicyclic) bond motifs is 1. The molecule has 0 aromatic carbocycles. The molecule has 11 heteroatoms. The Balaban J connectivity index is 1.51. The van der Waals surface area contributed by atoms with Crippen molar-refractivity contribution in [2.45, 2.75) is 95.9 Å². The van der Waals surface area contributed by atoms with Gasteiger partial charge in [0.15, 0.2) is 0 Å². The van der Waals surface area contributed by atoms with E-state index in [-0.39, 0.29) is 30.2 Å². The van der Waals surface area contributed by atoms with Gasteiger partial charge < -0.3 is 10.0 Å². The highest BCUT2D eigenvalue weighted by atomic mass is 19.4. The number of amides is 1. The number of carbonyl (C=O) groups excluding carboxylic acids is 1. The van der Waals surface area contributed by atoms with E-state index in [1.54, 1.807) is 21.6 Å². The van der Waals surface area contributed by atoms with Gasteiger partial charge in [0.1, 0.15) is 11.4 Å². The fraction of sp³-hybridized carbons (Fsp3) is 0.643. The van der Waals surface area contributed by atoms with Crippen LogP contribution in [-0.4, -0.2) is 65.7 Å². The molecule has 212 valence electrons. The Bertz CT molecular complexity index is 1320. The summed E-state index contributed by atoms with van der Waals surface area (Å²) < 4.78 is 43.1. The van der Waals surface area contributed by atoms with Crippen molar-refractivity contribution in [1.82, 2.24) is 29.3 Å². The molecule has 8 nitrogen and oxygen atoms in total. The van der Waals surface area contributed by atoms with E-state index in [0.717, 1.165) is 68.9 Å². The summed E-state index contributed by atoms with van der Waals surface area (Å²) in [5, 5.41) is 19.2. The lowest BCUT2D eigenvalue weighted by atomic mass is 9.85. The second-order valence-corrected chi connectivity index (χ2v) is 11.7. The van der Waals surface area contributed by atoms with Crippen molar-refractivity contribution in [2.24, 2.45) is 5.92 Å². The van der Waals surface area contributed by atoms with E-state index in [1.807, 2.05) is 31.0 Å². The molecule has 1 aliphatic carbocycles. The molecule has 2 fully saturated rings. The molecule has 5 rings (SSSR count). The lowest BCUT2D eigenvalue weighted by molar-refractivity contribution is -0.169. The van der Waals surface area contributed by atoms with Gasteiger partial charge in [0.05, 0.1) is 29.9 Å². The van der Waals surface area contributed by atoms with Crippen LogP contribution < -0.4 is 0 Å². The second-order valence-electron chi connectivity index (χ2n) is 11.7. The predicted octanol–water partition coefficient (Wildman–Crippen LogP) is 5.10. The van der Waals surface area contributed by atoms with Crippen molar-refractivity contribution in [3.63, 3.8) is 0 Å². The zero-order valence-electron chi connectivity index (χ0n) is 22.8. The standard InChI is InChI=1S/C28H37F3N6O2/c1-18(28(29,30)31)13-25-32-16-24-22(14-23(37(24)34-25)19-7-9-21(38)10-8-19)20-15-33-36(17-20)27(2,3)26(39)35-11-5-4-6-12-35/h14-19,21,38H,4-13H2,1-3H3/t18-,19?,21?/m1/s1. The number of alkyl halides is 3. The van der Waals surface area contributed by atoms with Gasteiger partial charge in [0, 0.05) is 48.4 Å². The molecule has 1 saturated carbocycles. The van der Waals surface area contributed by atoms with Gasteiger partial charge in [-0.2, -0.15) is 23.4 Å². The van der Waals surface area contributed by atoms with Crippen LogP contribution in [0.4, 0.5) is 13.2 Å². The summed E-state index contributed by atoms with van der Waals surface area (Å²) >= 11 is 0. The molecular weight excluding hydrogens is 509 g/mol. The number of hydrogen-bond acceptors (Lipinski definition) is 5. The molecule has 0 radical (unpaired) electrons. The zero-order valence-corrected chi connectivity index (χ0v) is 22.8. The van der Waals surface area contributed by atoms with Crippen molar-refractivity contribution >= 4 is 11.4 Å². The maximum absolute atomic E-state index is 13.4. The van der Waals surface area contributed by atoms with E-state index in [2.05, 4.69) is 15.2 Å².